The van der Waals surface area contributed by atoms with Gasteiger partial charge in [-0.25, -0.2) is 0 Å². The van der Waals surface area contributed by atoms with Crippen LogP contribution in [0.4, 0.5) is 0 Å². The molecular formula is C20H21SSiZr-. The van der Waals surface area contributed by atoms with Gasteiger partial charge in [0.2, 0.25) is 0 Å². The van der Waals surface area contributed by atoms with Gasteiger partial charge in [0.05, 0.1) is 0 Å². The Morgan fingerprint density at radius 3 is 2.70 bits per heavy atom. The fourth-order valence-corrected chi connectivity index (χ4v) is 5.52. The van der Waals surface area contributed by atoms with Crippen molar-refractivity contribution in [3.63, 3.8) is 0 Å². The summed E-state index contributed by atoms with van der Waals surface area (Å²) in [4.78, 5) is 1.46. The van der Waals surface area contributed by atoms with E-state index in [0.29, 0.717) is 5.25 Å². The molecule has 0 radical (unpaired) electrons. The van der Waals surface area contributed by atoms with Crippen LogP contribution in [0.2, 0.25) is 13.1 Å². The minimum absolute atomic E-state index is 0. The molecule has 0 aromatic heterocycles. The van der Waals surface area contributed by atoms with Gasteiger partial charge in [0, 0.05) is 44.8 Å². The number of benzene rings is 1. The maximum atomic E-state index is 2.50. The first-order chi connectivity index (χ1) is 10.6. The van der Waals surface area contributed by atoms with Crippen LogP contribution in [0.25, 0.3) is 10.8 Å². The molecule has 0 saturated carbocycles. The van der Waals surface area contributed by atoms with E-state index in [9.17, 15) is 0 Å². The van der Waals surface area contributed by atoms with E-state index >= 15 is 0 Å². The van der Waals surface area contributed by atoms with Crippen molar-refractivity contribution in [3.05, 3.63) is 76.7 Å². The van der Waals surface area contributed by atoms with Crippen LogP contribution in [-0.4, -0.2) is 19.3 Å². The average Bonchev–Trinajstić information content (AvgIpc) is 3.11. The third kappa shape index (κ3) is 4.92. The maximum Gasteiger partial charge on any atom is 0.0425 e. The predicted molar refractivity (Wildman–Crippen MR) is 105 cm³/mol. The molecule has 1 heterocycles. The maximum absolute atomic E-state index is 2.50. The van der Waals surface area contributed by atoms with Crippen molar-refractivity contribution in [1.29, 1.82) is 0 Å². The Morgan fingerprint density at radius 2 is 2.00 bits per heavy atom. The molecule has 0 saturated heterocycles. The molecule has 1 unspecified atom stereocenters. The Balaban J connectivity index is 0.000000162. The summed E-state index contributed by atoms with van der Waals surface area (Å²) in [6, 6.07) is 12.8. The number of rotatable bonds is 1. The van der Waals surface area contributed by atoms with Gasteiger partial charge in [0.15, 0.2) is 0 Å². The molecule has 0 amide bonds. The third-order valence-electron chi connectivity index (χ3n) is 3.67. The van der Waals surface area contributed by atoms with Gasteiger partial charge >= 0.3 is 0 Å². The van der Waals surface area contributed by atoms with E-state index in [4.69, 9.17) is 0 Å². The monoisotopic (exact) mass is 411 g/mol. The van der Waals surface area contributed by atoms with Crippen LogP contribution in [0.1, 0.15) is 5.56 Å². The summed E-state index contributed by atoms with van der Waals surface area (Å²) in [5.74, 6) is 0. The predicted octanol–water partition coefficient (Wildman–Crippen LogP) is 5.48. The summed E-state index contributed by atoms with van der Waals surface area (Å²) in [5.41, 5.74) is 5.28. The first kappa shape index (κ1) is 18.7. The molecule has 0 bridgehead atoms. The number of hydrogen-bond acceptors (Lipinski definition) is 1. The Morgan fingerprint density at radius 1 is 1.22 bits per heavy atom. The van der Waals surface area contributed by atoms with Gasteiger partial charge in [-0.3, -0.25) is 0 Å². The van der Waals surface area contributed by atoms with Gasteiger partial charge < -0.3 is 0 Å². The molecule has 1 atom stereocenters. The van der Waals surface area contributed by atoms with Crippen LogP contribution in [0.15, 0.2) is 71.2 Å². The van der Waals surface area contributed by atoms with Gasteiger partial charge in [0.25, 0.3) is 0 Å². The van der Waals surface area contributed by atoms with Gasteiger partial charge in [-0.15, -0.1) is 52.4 Å². The number of hydrogen-bond donors (Lipinski definition) is 0. The second kappa shape index (κ2) is 8.46. The molecule has 0 fully saturated rings. The summed E-state index contributed by atoms with van der Waals surface area (Å²) in [7, 11) is -0.190. The molecular weight excluding hydrogens is 392 g/mol. The van der Waals surface area contributed by atoms with Gasteiger partial charge in [-0.05, 0) is 11.6 Å². The molecule has 1 aliphatic heterocycles. The molecule has 0 spiro atoms. The van der Waals surface area contributed by atoms with Crippen molar-refractivity contribution in [3.8, 4) is 0 Å². The number of allylic oxidation sites excluding steroid dienone is 4. The Labute approximate surface area is 164 Å². The minimum atomic E-state index is -0.190. The normalized spacial score (nSPS) is 17.6. The van der Waals surface area contributed by atoms with E-state index in [2.05, 4.69) is 86.4 Å². The summed E-state index contributed by atoms with van der Waals surface area (Å²) >= 11 is 1.99. The fourth-order valence-electron chi connectivity index (χ4n) is 2.74. The summed E-state index contributed by atoms with van der Waals surface area (Å²) in [6.07, 6.45) is 8.92. The van der Waals surface area contributed by atoms with E-state index < -0.39 is 0 Å². The molecule has 0 N–H and O–H groups in total. The van der Waals surface area contributed by atoms with Crippen LogP contribution in [0.3, 0.4) is 0 Å². The SMILES string of the molecule is C[Si](C)=CC1C=C2C=CC=C2S1.Cc1cc2ccccc2[cH-]1.[Zr]. The third-order valence-corrected chi connectivity index (χ3v) is 6.11. The second-order valence-corrected chi connectivity index (χ2v) is 9.71. The van der Waals surface area contributed by atoms with Crippen LogP contribution in [0.5, 0.6) is 0 Å². The van der Waals surface area contributed by atoms with Gasteiger partial charge in [-0.1, -0.05) is 50.0 Å². The zero-order chi connectivity index (χ0) is 15.5. The fraction of sp³-hybridized carbons (Fsp3) is 0.200. The first-order valence-electron chi connectivity index (χ1n) is 7.66. The van der Waals surface area contributed by atoms with E-state index in [1.54, 1.807) is 0 Å². The van der Waals surface area contributed by atoms with Crippen molar-refractivity contribution in [2.45, 2.75) is 25.3 Å². The summed E-state index contributed by atoms with van der Waals surface area (Å²) in [5, 5.41) is 3.35. The Bertz CT molecular complexity index is 771. The smallest absolute Gasteiger partial charge is 0.0425 e. The van der Waals surface area contributed by atoms with Crippen molar-refractivity contribution in [2.75, 3.05) is 0 Å². The van der Waals surface area contributed by atoms with E-state index in [-0.39, 0.29) is 34.6 Å². The average molecular weight is 413 g/mol. The molecule has 116 valence electrons. The second-order valence-electron chi connectivity index (χ2n) is 6.00. The molecule has 4 rings (SSSR count). The Hall–Kier alpha value is -0.630. The largest absolute Gasteiger partial charge is 0.165 e. The molecule has 23 heavy (non-hydrogen) atoms. The molecule has 2 aliphatic rings. The van der Waals surface area contributed by atoms with Crippen molar-refractivity contribution < 1.29 is 26.2 Å². The zero-order valence-electron chi connectivity index (χ0n) is 13.8. The quantitative estimate of drug-likeness (QED) is 0.441. The van der Waals surface area contributed by atoms with E-state index in [1.165, 1.54) is 26.8 Å². The molecule has 1 aliphatic carbocycles. The van der Waals surface area contributed by atoms with E-state index in [1.807, 2.05) is 11.8 Å². The summed E-state index contributed by atoms with van der Waals surface area (Å²) in [6.45, 7) is 6.80. The van der Waals surface area contributed by atoms with Crippen LogP contribution in [0, 0.1) is 6.92 Å². The van der Waals surface area contributed by atoms with Crippen LogP contribution >= 0.6 is 11.8 Å². The topological polar surface area (TPSA) is 0 Å². The molecule has 2 aromatic rings. The molecule has 2 aromatic carbocycles. The summed E-state index contributed by atoms with van der Waals surface area (Å²) < 4.78 is 0. The number of thioether (sulfide) groups is 1. The van der Waals surface area contributed by atoms with Gasteiger partial charge in [-0.2, -0.15) is 6.07 Å². The Kier molecular flexibility index (Phi) is 6.88. The van der Waals surface area contributed by atoms with Crippen molar-refractivity contribution in [1.82, 2.24) is 0 Å². The van der Waals surface area contributed by atoms with Crippen molar-refractivity contribution >= 4 is 36.6 Å². The number of aryl methyl sites for hydroxylation is 1. The van der Waals surface area contributed by atoms with E-state index in [0.717, 1.165) is 0 Å². The van der Waals surface area contributed by atoms with Crippen LogP contribution < -0.4 is 0 Å². The minimum Gasteiger partial charge on any atom is -0.165 e. The number of fused-ring (bicyclic) bond motifs is 2. The van der Waals surface area contributed by atoms with Crippen molar-refractivity contribution in [2.24, 2.45) is 0 Å². The van der Waals surface area contributed by atoms with Gasteiger partial charge in [0.1, 0.15) is 0 Å². The van der Waals surface area contributed by atoms with Crippen LogP contribution in [-0.2, 0) is 26.2 Å². The zero-order valence-corrected chi connectivity index (χ0v) is 18.1. The molecule has 0 nitrogen and oxygen atoms in total. The first-order valence-corrected chi connectivity index (χ1v) is 11.1. The standard InChI is InChI=1S/C10H12SSi.C10H9.Zr/c1-12(2)7-9-6-8-4-3-5-10(8)11-9;1-8-6-9-4-2-3-5-10(9)7-8;/h3-7,9H,1-2H3;2-7H,1H3;/q;-1;. The molecule has 3 heteroatoms.